The van der Waals surface area contributed by atoms with Crippen LogP contribution >= 0.6 is 0 Å². The Hall–Kier alpha value is -1.85. The number of amides is 1. The van der Waals surface area contributed by atoms with Crippen molar-refractivity contribution in [3.8, 4) is 0 Å². The third kappa shape index (κ3) is 9.38. The Morgan fingerprint density at radius 3 is 2.56 bits per heavy atom. The molecular formula is C12H19NO5. The lowest BCUT2D eigenvalue weighted by molar-refractivity contribution is -0.142. The van der Waals surface area contributed by atoms with Gasteiger partial charge in [0.25, 0.3) is 0 Å². The van der Waals surface area contributed by atoms with E-state index in [1.54, 1.807) is 0 Å². The number of nitrogens with one attached hydrogen (secondary N) is 1. The second-order valence-corrected chi connectivity index (χ2v) is 3.50. The summed E-state index contributed by atoms with van der Waals surface area (Å²) in [6, 6.07) is 0. The Kier molecular flexibility index (Phi) is 9.25. The maximum absolute atomic E-state index is 11.2. The molecule has 0 aliphatic heterocycles. The van der Waals surface area contributed by atoms with Gasteiger partial charge >= 0.3 is 11.9 Å². The average molecular weight is 257 g/mol. The normalized spacial score (nSPS) is 9.39. The molecule has 0 aliphatic rings. The van der Waals surface area contributed by atoms with Crippen LogP contribution in [0.3, 0.4) is 0 Å². The molecule has 0 fully saturated rings. The maximum atomic E-state index is 11.2. The molecular weight excluding hydrogens is 238 g/mol. The van der Waals surface area contributed by atoms with E-state index in [-0.39, 0.29) is 18.7 Å². The summed E-state index contributed by atoms with van der Waals surface area (Å²) >= 11 is 0. The predicted molar refractivity (Wildman–Crippen MR) is 64.6 cm³/mol. The van der Waals surface area contributed by atoms with Crippen molar-refractivity contribution in [2.75, 3.05) is 20.3 Å². The molecule has 0 spiro atoms. The minimum Gasteiger partial charge on any atom is -0.469 e. The van der Waals surface area contributed by atoms with Crippen molar-refractivity contribution in [3.05, 3.63) is 12.7 Å². The first-order chi connectivity index (χ1) is 8.60. The van der Waals surface area contributed by atoms with Gasteiger partial charge in [-0.25, -0.2) is 4.79 Å². The number of methoxy groups -OCH3 is 1. The highest BCUT2D eigenvalue weighted by molar-refractivity contribution is 5.81. The molecule has 0 aromatic rings. The Bertz CT molecular complexity index is 301. The van der Waals surface area contributed by atoms with Gasteiger partial charge in [-0.3, -0.25) is 9.59 Å². The first kappa shape index (κ1) is 16.1. The van der Waals surface area contributed by atoms with Gasteiger partial charge in [0.05, 0.1) is 20.1 Å². The molecule has 0 heterocycles. The molecule has 102 valence electrons. The Morgan fingerprint density at radius 1 is 1.22 bits per heavy atom. The van der Waals surface area contributed by atoms with E-state index in [0.29, 0.717) is 26.0 Å². The monoisotopic (exact) mass is 257 g/mol. The first-order valence-electron chi connectivity index (χ1n) is 5.73. The quantitative estimate of drug-likeness (QED) is 0.371. The molecule has 1 N–H and O–H groups in total. The maximum Gasteiger partial charge on any atom is 0.330 e. The molecule has 1 amide bonds. The van der Waals surface area contributed by atoms with Gasteiger partial charge in [-0.2, -0.15) is 0 Å². The number of rotatable bonds is 9. The van der Waals surface area contributed by atoms with E-state index in [0.717, 1.165) is 6.08 Å². The number of hydrogen-bond donors (Lipinski definition) is 1. The van der Waals surface area contributed by atoms with Crippen LogP contribution in [0.25, 0.3) is 0 Å². The fourth-order valence-electron chi connectivity index (χ4n) is 1.09. The van der Waals surface area contributed by atoms with Crippen molar-refractivity contribution >= 4 is 17.8 Å². The number of hydrogen-bond acceptors (Lipinski definition) is 5. The van der Waals surface area contributed by atoms with Crippen LogP contribution in [-0.4, -0.2) is 38.1 Å². The summed E-state index contributed by atoms with van der Waals surface area (Å²) in [5.41, 5.74) is 0. The summed E-state index contributed by atoms with van der Waals surface area (Å²) in [5.74, 6) is -1.04. The Morgan fingerprint density at radius 2 is 1.94 bits per heavy atom. The summed E-state index contributed by atoms with van der Waals surface area (Å²) in [7, 11) is 1.28. The topological polar surface area (TPSA) is 81.7 Å². The third-order valence-corrected chi connectivity index (χ3v) is 2.09. The molecule has 6 nitrogen and oxygen atoms in total. The van der Waals surface area contributed by atoms with E-state index in [4.69, 9.17) is 4.74 Å². The molecule has 0 aromatic heterocycles. The number of esters is 2. The highest BCUT2D eigenvalue weighted by atomic mass is 16.5. The van der Waals surface area contributed by atoms with Crippen LogP contribution in [0.4, 0.5) is 0 Å². The van der Waals surface area contributed by atoms with Gasteiger partial charge in [-0.05, 0) is 12.8 Å². The highest BCUT2D eigenvalue weighted by Crippen LogP contribution is 1.93. The van der Waals surface area contributed by atoms with E-state index in [1.807, 2.05) is 0 Å². The zero-order valence-electron chi connectivity index (χ0n) is 10.6. The van der Waals surface area contributed by atoms with Crippen molar-refractivity contribution in [3.63, 3.8) is 0 Å². The zero-order valence-corrected chi connectivity index (χ0v) is 10.6. The van der Waals surface area contributed by atoms with Crippen molar-refractivity contribution in [2.24, 2.45) is 0 Å². The first-order valence-corrected chi connectivity index (χ1v) is 5.73. The number of carbonyl (C=O) groups excluding carboxylic acids is 3. The van der Waals surface area contributed by atoms with E-state index in [1.165, 1.54) is 7.11 Å². The van der Waals surface area contributed by atoms with Crippen LogP contribution in [0.15, 0.2) is 12.7 Å². The minimum atomic E-state index is -0.447. The largest absolute Gasteiger partial charge is 0.469 e. The van der Waals surface area contributed by atoms with Gasteiger partial charge in [0.2, 0.25) is 5.91 Å². The van der Waals surface area contributed by atoms with Crippen LogP contribution in [0, 0.1) is 0 Å². The molecule has 0 atom stereocenters. The molecule has 0 unspecified atom stereocenters. The summed E-state index contributed by atoms with van der Waals surface area (Å²) in [6.07, 6.45) is 2.68. The molecule has 0 bridgehead atoms. The SMILES string of the molecule is C=CC(=O)OCCCCNC(=O)CCC(=O)OC. The van der Waals surface area contributed by atoms with Crippen molar-refractivity contribution in [2.45, 2.75) is 25.7 Å². The predicted octanol–water partition coefficient (Wildman–Crippen LogP) is 0.565. The summed E-state index contributed by atoms with van der Waals surface area (Å²) in [5, 5.41) is 2.66. The number of unbranched alkanes of at least 4 members (excludes halogenated alkanes) is 1. The van der Waals surface area contributed by atoms with Gasteiger partial charge in [0.15, 0.2) is 0 Å². The van der Waals surface area contributed by atoms with Crippen molar-refractivity contribution in [1.82, 2.24) is 5.32 Å². The molecule has 0 aromatic carbocycles. The number of ether oxygens (including phenoxy) is 2. The van der Waals surface area contributed by atoms with E-state index in [9.17, 15) is 14.4 Å². The third-order valence-electron chi connectivity index (χ3n) is 2.09. The zero-order chi connectivity index (χ0) is 13.8. The second kappa shape index (κ2) is 10.3. The van der Waals surface area contributed by atoms with Gasteiger partial charge in [-0.15, -0.1) is 0 Å². The average Bonchev–Trinajstić information content (AvgIpc) is 2.39. The standard InChI is InChI=1S/C12H19NO5/c1-3-11(15)18-9-5-4-8-13-10(14)6-7-12(16)17-2/h3H,1,4-9H2,2H3,(H,13,14). The Balaban J connectivity index is 3.38. The number of carbonyl (C=O) groups is 3. The second-order valence-electron chi connectivity index (χ2n) is 3.50. The molecule has 0 radical (unpaired) electrons. The van der Waals surface area contributed by atoms with E-state index < -0.39 is 11.9 Å². The summed E-state index contributed by atoms with van der Waals surface area (Å²) < 4.78 is 9.18. The van der Waals surface area contributed by atoms with E-state index >= 15 is 0 Å². The lowest BCUT2D eigenvalue weighted by atomic mass is 10.3. The van der Waals surface area contributed by atoms with E-state index in [2.05, 4.69) is 16.6 Å². The fraction of sp³-hybridized carbons (Fsp3) is 0.583. The molecule has 18 heavy (non-hydrogen) atoms. The van der Waals surface area contributed by atoms with Crippen molar-refractivity contribution in [1.29, 1.82) is 0 Å². The van der Waals surface area contributed by atoms with Crippen molar-refractivity contribution < 1.29 is 23.9 Å². The molecule has 6 heteroatoms. The van der Waals surface area contributed by atoms with Crippen LogP contribution in [0.5, 0.6) is 0 Å². The molecule has 0 saturated carbocycles. The van der Waals surface area contributed by atoms with Crippen LogP contribution in [0.1, 0.15) is 25.7 Å². The molecule has 0 saturated heterocycles. The fourth-order valence-corrected chi connectivity index (χ4v) is 1.09. The van der Waals surface area contributed by atoms with Crippen LogP contribution in [-0.2, 0) is 23.9 Å². The van der Waals surface area contributed by atoms with Crippen LogP contribution in [0.2, 0.25) is 0 Å². The minimum absolute atomic E-state index is 0.0826. The van der Waals surface area contributed by atoms with Gasteiger partial charge in [-0.1, -0.05) is 6.58 Å². The highest BCUT2D eigenvalue weighted by Gasteiger charge is 2.05. The van der Waals surface area contributed by atoms with Gasteiger partial charge in [0.1, 0.15) is 0 Å². The lowest BCUT2D eigenvalue weighted by Gasteiger charge is -2.05. The lowest BCUT2D eigenvalue weighted by Crippen LogP contribution is -2.25. The van der Waals surface area contributed by atoms with Crippen LogP contribution < -0.4 is 5.32 Å². The van der Waals surface area contributed by atoms with Gasteiger partial charge in [0, 0.05) is 19.0 Å². The summed E-state index contributed by atoms with van der Waals surface area (Å²) in [6.45, 7) is 4.07. The molecule has 0 rings (SSSR count). The smallest absolute Gasteiger partial charge is 0.330 e. The van der Waals surface area contributed by atoms with Gasteiger partial charge < -0.3 is 14.8 Å². The Labute approximate surface area is 106 Å². The molecule has 0 aliphatic carbocycles. The summed E-state index contributed by atoms with van der Waals surface area (Å²) in [4.78, 5) is 32.7.